The van der Waals surface area contributed by atoms with E-state index in [9.17, 15) is 0 Å². The molecule has 1 aliphatic heterocycles. The lowest BCUT2D eigenvalue weighted by molar-refractivity contribution is 0.410. The van der Waals surface area contributed by atoms with E-state index >= 15 is 0 Å². The van der Waals surface area contributed by atoms with Gasteiger partial charge in [0.25, 0.3) is 0 Å². The molecule has 2 nitrogen and oxygen atoms in total. The van der Waals surface area contributed by atoms with E-state index in [0.29, 0.717) is 12.1 Å². The van der Waals surface area contributed by atoms with Crippen LogP contribution in [0.4, 0.5) is 0 Å². The Morgan fingerprint density at radius 2 is 2.28 bits per heavy atom. The number of fused-ring (bicyclic) bond motifs is 1. The molecule has 0 radical (unpaired) electrons. The largest absolute Gasteiger partial charge is 0.351 e. The van der Waals surface area contributed by atoms with Gasteiger partial charge in [-0.2, -0.15) is 0 Å². The van der Waals surface area contributed by atoms with Crippen LogP contribution in [0.1, 0.15) is 39.0 Å². The SMILES string of the molecule is CCC1=CC=CC2N=C(C3=CCCCC3)N(C)C12. The van der Waals surface area contributed by atoms with E-state index in [1.807, 2.05) is 0 Å². The first-order chi connectivity index (χ1) is 8.81. The van der Waals surface area contributed by atoms with E-state index in [0.717, 1.165) is 6.42 Å². The lowest BCUT2D eigenvalue weighted by Gasteiger charge is -2.30. The summed E-state index contributed by atoms with van der Waals surface area (Å²) in [4.78, 5) is 7.36. The average molecular weight is 242 g/mol. The smallest absolute Gasteiger partial charge is 0.127 e. The van der Waals surface area contributed by atoms with Crippen molar-refractivity contribution >= 4 is 5.84 Å². The first-order valence-corrected chi connectivity index (χ1v) is 7.18. The molecular weight excluding hydrogens is 220 g/mol. The van der Waals surface area contributed by atoms with Crippen molar-refractivity contribution < 1.29 is 0 Å². The number of amidine groups is 1. The van der Waals surface area contributed by atoms with Gasteiger partial charge in [-0.3, -0.25) is 4.99 Å². The lowest BCUT2D eigenvalue weighted by atomic mass is 9.92. The second-order valence-corrected chi connectivity index (χ2v) is 5.45. The van der Waals surface area contributed by atoms with E-state index in [1.54, 1.807) is 0 Å². The molecule has 3 rings (SSSR count). The molecule has 0 N–H and O–H groups in total. The third kappa shape index (κ3) is 1.84. The highest BCUT2D eigenvalue weighted by Gasteiger charge is 2.36. The second kappa shape index (κ2) is 4.75. The summed E-state index contributed by atoms with van der Waals surface area (Å²) in [5.74, 6) is 1.25. The van der Waals surface area contributed by atoms with Crippen molar-refractivity contribution in [3.63, 3.8) is 0 Å². The van der Waals surface area contributed by atoms with Gasteiger partial charge in [-0.25, -0.2) is 0 Å². The number of nitrogens with zero attached hydrogens (tertiary/aromatic N) is 2. The van der Waals surface area contributed by atoms with Gasteiger partial charge < -0.3 is 4.90 Å². The summed E-state index contributed by atoms with van der Waals surface area (Å²) < 4.78 is 0. The number of hydrogen-bond donors (Lipinski definition) is 0. The summed E-state index contributed by atoms with van der Waals surface area (Å²) in [5, 5.41) is 0. The molecule has 2 heteroatoms. The molecule has 0 saturated heterocycles. The molecule has 0 saturated carbocycles. The number of hydrogen-bond acceptors (Lipinski definition) is 2. The fraction of sp³-hybridized carbons (Fsp3) is 0.562. The van der Waals surface area contributed by atoms with E-state index in [2.05, 4.69) is 43.2 Å². The average Bonchev–Trinajstić information content (AvgIpc) is 2.77. The molecule has 0 aromatic carbocycles. The number of aliphatic imine (C=N–C) groups is 1. The predicted molar refractivity (Wildman–Crippen MR) is 76.8 cm³/mol. The highest BCUT2D eigenvalue weighted by molar-refractivity contribution is 6.00. The van der Waals surface area contributed by atoms with E-state index in [4.69, 9.17) is 4.99 Å². The van der Waals surface area contributed by atoms with Crippen LogP contribution in [0.3, 0.4) is 0 Å². The standard InChI is InChI=1S/C16H22N2/c1-3-12-10-7-11-14-15(12)18(2)16(17-14)13-8-5-4-6-9-13/h7-8,10-11,14-15H,3-6,9H2,1-2H3. The van der Waals surface area contributed by atoms with Crippen LogP contribution < -0.4 is 0 Å². The van der Waals surface area contributed by atoms with Gasteiger partial charge in [-0.1, -0.05) is 31.2 Å². The monoisotopic (exact) mass is 242 g/mol. The maximum absolute atomic E-state index is 4.96. The topological polar surface area (TPSA) is 15.6 Å². The molecule has 2 atom stereocenters. The van der Waals surface area contributed by atoms with Crippen molar-refractivity contribution in [2.24, 2.45) is 4.99 Å². The van der Waals surface area contributed by atoms with Crippen LogP contribution in [0.5, 0.6) is 0 Å². The summed E-state index contributed by atoms with van der Waals surface area (Å²) in [7, 11) is 2.21. The summed E-state index contributed by atoms with van der Waals surface area (Å²) >= 11 is 0. The summed E-state index contributed by atoms with van der Waals surface area (Å²) in [5.41, 5.74) is 2.99. The Kier molecular flexibility index (Phi) is 3.11. The molecular formula is C16H22N2. The first-order valence-electron chi connectivity index (χ1n) is 7.18. The van der Waals surface area contributed by atoms with Crippen LogP contribution >= 0.6 is 0 Å². The molecule has 3 aliphatic rings. The van der Waals surface area contributed by atoms with Crippen molar-refractivity contribution in [2.75, 3.05) is 7.05 Å². The zero-order chi connectivity index (χ0) is 12.5. The molecule has 2 unspecified atom stereocenters. The summed E-state index contributed by atoms with van der Waals surface area (Å²) in [6, 6.07) is 0.811. The van der Waals surface area contributed by atoms with Crippen molar-refractivity contribution in [2.45, 2.75) is 51.1 Å². The Morgan fingerprint density at radius 1 is 1.39 bits per heavy atom. The minimum Gasteiger partial charge on any atom is -0.351 e. The Labute approximate surface area is 110 Å². The second-order valence-electron chi connectivity index (χ2n) is 5.45. The Balaban J connectivity index is 1.89. The molecule has 0 spiro atoms. The minimum atomic E-state index is 0.341. The van der Waals surface area contributed by atoms with Gasteiger partial charge in [0.05, 0.1) is 12.1 Å². The quantitative estimate of drug-likeness (QED) is 0.724. The molecule has 96 valence electrons. The third-order valence-electron chi connectivity index (χ3n) is 4.33. The lowest BCUT2D eigenvalue weighted by Crippen LogP contribution is -2.39. The molecule has 1 heterocycles. The molecule has 2 aliphatic carbocycles. The van der Waals surface area contributed by atoms with Gasteiger partial charge in [0.2, 0.25) is 0 Å². The van der Waals surface area contributed by atoms with Crippen LogP contribution in [-0.4, -0.2) is 29.9 Å². The van der Waals surface area contributed by atoms with Gasteiger partial charge >= 0.3 is 0 Å². The molecule has 0 aromatic rings. The van der Waals surface area contributed by atoms with Crippen molar-refractivity contribution in [3.8, 4) is 0 Å². The van der Waals surface area contributed by atoms with Gasteiger partial charge in [0.1, 0.15) is 5.84 Å². The Bertz CT molecular complexity index is 454. The minimum absolute atomic E-state index is 0.341. The van der Waals surface area contributed by atoms with Gasteiger partial charge in [-0.15, -0.1) is 0 Å². The first kappa shape index (κ1) is 11.8. The molecule has 0 aromatic heterocycles. The number of rotatable bonds is 2. The molecule has 0 amide bonds. The van der Waals surface area contributed by atoms with Crippen molar-refractivity contribution in [1.82, 2.24) is 4.90 Å². The van der Waals surface area contributed by atoms with Crippen molar-refractivity contribution in [1.29, 1.82) is 0 Å². The maximum Gasteiger partial charge on any atom is 0.127 e. The van der Waals surface area contributed by atoms with Crippen LogP contribution in [0.15, 0.2) is 40.4 Å². The normalized spacial score (nSPS) is 30.8. The fourth-order valence-corrected chi connectivity index (χ4v) is 3.35. The van der Waals surface area contributed by atoms with Crippen LogP contribution in [0.2, 0.25) is 0 Å². The summed E-state index contributed by atoms with van der Waals surface area (Å²) in [6.07, 6.45) is 15.3. The number of allylic oxidation sites excluding steroid dienone is 3. The Hall–Kier alpha value is -1.31. The maximum atomic E-state index is 4.96. The van der Waals surface area contributed by atoms with Crippen molar-refractivity contribution in [3.05, 3.63) is 35.5 Å². The molecule has 0 fully saturated rings. The highest BCUT2D eigenvalue weighted by Crippen LogP contribution is 2.32. The van der Waals surface area contributed by atoms with E-state index in [-0.39, 0.29) is 0 Å². The van der Waals surface area contributed by atoms with Gasteiger partial charge in [-0.05, 0) is 43.3 Å². The predicted octanol–water partition coefficient (Wildman–Crippen LogP) is 3.47. The Morgan fingerprint density at radius 3 is 3.00 bits per heavy atom. The third-order valence-corrected chi connectivity index (χ3v) is 4.33. The van der Waals surface area contributed by atoms with Crippen LogP contribution in [-0.2, 0) is 0 Å². The fourth-order valence-electron chi connectivity index (χ4n) is 3.35. The van der Waals surface area contributed by atoms with Gasteiger partial charge in [0, 0.05) is 7.05 Å². The van der Waals surface area contributed by atoms with Crippen LogP contribution in [0.25, 0.3) is 0 Å². The molecule has 18 heavy (non-hydrogen) atoms. The van der Waals surface area contributed by atoms with E-state index in [1.165, 1.54) is 42.7 Å². The molecule has 0 bridgehead atoms. The summed E-state index contributed by atoms with van der Waals surface area (Å²) in [6.45, 7) is 2.24. The highest BCUT2D eigenvalue weighted by atomic mass is 15.3. The van der Waals surface area contributed by atoms with Crippen LogP contribution in [0, 0.1) is 0 Å². The number of likely N-dealkylation sites (N-methyl/N-ethyl adjacent to an activating group) is 1. The van der Waals surface area contributed by atoms with Gasteiger partial charge in [0.15, 0.2) is 0 Å². The zero-order valence-corrected chi connectivity index (χ0v) is 11.4. The van der Waals surface area contributed by atoms with E-state index < -0.39 is 0 Å². The zero-order valence-electron chi connectivity index (χ0n) is 11.4.